The van der Waals surface area contributed by atoms with Crippen molar-refractivity contribution in [3.05, 3.63) is 18.0 Å². The summed E-state index contributed by atoms with van der Waals surface area (Å²) in [6.45, 7) is 0. The molecule has 3 nitrogen and oxygen atoms in total. The Morgan fingerprint density at radius 3 is 2.53 bits per heavy atom. The molecule has 0 spiro atoms. The largest absolute Gasteiger partial charge is 0.433 e. The topological polar surface area (TPSA) is 37.8 Å². The van der Waals surface area contributed by atoms with Crippen molar-refractivity contribution in [2.45, 2.75) is 43.2 Å². The van der Waals surface area contributed by atoms with Crippen molar-refractivity contribution in [2.75, 3.05) is 11.6 Å². The Kier molecular flexibility index (Phi) is 4.54. The smallest absolute Gasteiger partial charge is 0.351 e. The van der Waals surface area contributed by atoms with Crippen molar-refractivity contribution in [1.82, 2.24) is 9.97 Å². The number of rotatable bonds is 3. The predicted octanol–water partition coefficient (Wildman–Crippen LogP) is 3.58. The summed E-state index contributed by atoms with van der Waals surface area (Å²) >= 11 is 1.85. The molecule has 0 unspecified atom stereocenters. The highest BCUT2D eigenvalue weighted by molar-refractivity contribution is 7.99. The van der Waals surface area contributed by atoms with E-state index < -0.39 is 11.9 Å². The number of alkyl halides is 3. The van der Waals surface area contributed by atoms with Gasteiger partial charge in [-0.05, 0) is 38.0 Å². The number of nitrogens with zero attached hydrogens (tertiary/aromatic N) is 2. The van der Waals surface area contributed by atoms with Gasteiger partial charge in [0.05, 0.1) is 0 Å². The van der Waals surface area contributed by atoms with E-state index in [9.17, 15) is 13.2 Å². The van der Waals surface area contributed by atoms with Gasteiger partial charge in [-0.3, -0.25) is 0 Å². The normalized spacial score (nSPS) is 24.2. The number of aromatic nitrogens is 2. The molecule has 1 aromatic rings. The van der Waals surface area contributed by atoms with Crippen LogP contribution in [0.4, 0.5) is 19.1 Å². The highest BCUT2D eigenvalue weighted by Crippen LogP contribution is 2.30. The molecule has 0 radical (unpaired) electrons. The quantitative estimate of drug-likeness (QED) is 0.923. The van der Waals surface area contributed by atoms with E-state index in [1.807, 2.05) is 11.8 Å². The van der Waals surface area contributed by atoms with Crippen LogP contribution in [0, 0.1) is 0 Å². The standard InChI is InChI=1S/C12H16F3N3S/c1-19-9-4-2-8(3-5-9)17-11-16-7-6-10(18-11)12(13,14)15/h6-9H,2-5H2,1H3,(H,16,17,18). The molecule has 0 aromatic carbocycles. The van der Waals surface area contributed by atoms with Crippen molar-refractivity contribution in [1.29, 1.82) is 0 Å². The lowest BCUT2D eigenvalue weighted by molar-refractivity contribution is -0.141. The van der Waals surface area contributed by atoms with Gasteiger partial charge in [0.2, 0.25) is 5.95 Å². The van der Waals surface area contributed by atoms with Crippen molar-refractivity contribution in [3.8, 4) is 0 Å². The number of anilines is 1. The van der Waals surface area contributed by atoms with E-state index >= 15 is 0 Å². The maximum atomic E-state index is 12.5. The van der Waals surface area contributed by atoms with Crippen LogP contribution in [0.15, 0.2) is 12.3 Å². The predicted molar refractivity (Wildman–Crippen MR) is 70.2 cm³/mol. The third-order valence-electron chi connectivity index (χ3n) is 3.29. The van der Waals surface area contributed by atoms with Gasteiger partial charge in [-0.2, -0.15) is 24.9 Å². The lowest BCUT2D eigenvalue weighted by atomic mass is 9.95. The molecule has 2 rings (SSSR count). The fourth-order valence-corrected chi connectivity index (χ4v) is 2.96. The highest BCUT2D eigenvalue weighted by atomic mass is 32.2. The molecule has 1 saturated carbocycles. The second kappa shape index (κ2) is 5.98. The van der Waals surface area contributed by atoms with Crippen LogP contribution in [-0.2, 0) is 6.18 Å². The first-order valence-electron chi connectivity index (χ1n) is 6.18. The third kappa shape index (κ3) is 3.99. The van der Waals surface area contributed by atoms with Gasteiger partial charge in [-0.15, -0.1) is 0 Å². The first kappa shape index (κ1) is 14.4. The van der Waals surface area contributed by atoms with Crippen molar-refractivity contribution in [2.24, 2.45) is 0 Å². The summed E-state index contributed by atoms with van der Waals surface area (Å²) in [4.78, 5) is 7.38. The average molecular weight is 291 g/mol. The molecule has 0 saturated heterocycles. The molecule has 7 heteroatoms. The van der Waals surface area contributed by atoms with E-state index in [0.29, 0.717) is 5.25 Å². The molecule has 1 N–H and O–H groups in total. The zero-order valence-electron chi connectivity index (χ0n) is 10.6. The molecule has 0 aliphatic heterocycles. The number of thioether (sulfide) groups is 1. The number of hydrogen-bond donors (Lipinski definition) is 1. The van der Waals surface area contributed by atoms with E-state index in [-0.39, 0.29) is 12.0 Å². The Balaban J connectivity index is 1.97. The average Bonchev–Trinajstić information content (AvgIpc) is 2.39. The molecule has 1 aliphatic carbocycles. The van der Waals surface area contributed by atoms with Gasteiger partial charge in [0.25, 0.3) is 0 Å². The highest BCUT2D eigenvalue weighted by Gasteiger charge is 2.33. The molecular formula is C12H16F3N3S. The fraction of sp³-hybridized carbons (Fsp3) is 0.667. The maximum absolute atomic E-state index is 12.5. The van der Waals surface area contributed by atoms with E-state index in [2.05, 4.69) is 21.5 Å². The van der Waals surface area contributed by atoms with E-state index in [1.165, 1.54) is 0 Å². The molecule has 0 bridgehead atoms. The second-order valence-corrected chi connectivity index (χ2v) is 5.75. The van der Waals surface area contributed by atoms with Crippen LogP contribution in [0.25, 0.3) is 0 Å². The van der Waals surface area contributed by atoms with E-state index in [1.54, 1.807) is 0 Å². The molecule has 19 heavy (non-hydrogen) atoms. The molecule has 1 heterocycles. The molecule has 106 valence electrons. The number of nitrogens with one attached hydrogen (secondary N) is 1. The fourth-order valence-electron chi connectivity index (χ4n) is 2.21. The minimum absolute atomic E-state index is 0.0717. The first-order chi connectivity index (χ1) is 8.99. The van der Waals surface area contributed by atoms with Gasteiger partial charge < -0.3 is 5.32 Å². The minimum Gasteiger partial charge on any atom is -0.351 e. The van der Waals surface area contributed by atoms with Crippen LogP contribution >= 0.6 is 11.8 Å². The Morgan fingerprint density at radius 1 is 1.26 bits per heavy atom. The summed E-state index contributed by atoms with van der Waals surface area (Å²) in [6.07, 6.45) is 2.88. The summed E-state index contributed by atoms with van der Waals surface area (Å²) < 4.78 is 37.6. The van der Waals surface area contributed by atoms with Gasteiger partial charge in [0.1, 0.15) is 5.69 Å². The zero-order valence-corrected chi connectivity index (χ0v) is 11.4. The molecule has 0 atom stereocenters. The van der Waals surface area contributed by atoms with Gasteiger partial charge in [-0.25, -0.2) is 9.97 Å². The number of hydrogen-bond acceptors (Lipinski definition) is 4. The Morgan fingerprint density at radius 2 is 1.95 bits per heavy atom. The zero-order chi connectivity index (χ0) is 13.9. The molecular weight excluding hydrogens is 275 g/mol. The van der Waals surface area contributed by atoms with Crippen molar-refractivity contribution < 1.29 is 13.2 Å². The van der Waals surface area contributed by atoms with E-state index in [4.69, 9.17) is 0 Å². The minimum atomic E-state index is -4.42. The van der Waals surface area contributed by atoms with Gasteiger partial charge in [0, 0.05) is 17.5 Å². The van der Waals surface area contributed by atoms with Gasteiger partial charge >= 0.3 is 6.18 Å². The van der Waals surface area contributed by atoms with Crippen LogP contribution in [0.5, 0.6) is 0 Å². The Labute approximate surface area is 114 Å². The lowest BCUT2D eigenvalue weighted by Crippen LogP contribution is -2.28. The van der Waals surface area contributed by atoms with Crippen LogP contribution < -0.4 is 5.32 Å². The van der Waals surface area contributed by atoms with Crippen LogP contribution in [0.2, 0.25) is 0 Å². The maximum Gasteiger partial charge on any atom is 0.433 e. The van der Waals surface area contributed by atoms with Crippen molar-refractivity contribution >= 4 is 17.7 Å². The van der Waals surface area contributed by atoms with Crippen LogP contribution in [-0.4, -0.2) is 27.5 Å². The van der Waals surface area contributed by atoms with Crippen molar-refractivity contribution in [3.63, 3.8) is 0 Å². The monoisotopic (exact) mass is 291 g/mol. The SMILES string of the molecule is CSC1CCC(Nc2nccc(C(F)(F)F)n2)CC1. The lowest BCUT2D eigenvalue weighted by Gasteiger charge is -2.28. The second-order valence-electron chi connectivity index (χ2n) is 4.62. The molecule has 1 fully saturated rings. The summed E-state index contributed by atoms with van der Waals surface area (Å²) in [5.74, 6) is 0.0717. The summed E-state index contributed by atoms with van der Waals surface area (Å²) in [5, 5.41) is 3.67. The third-order valence-corrected chi connectivity index (χ3v) is 4.42. The van der Waals surface area contributed by atoms with Crippen LogP contribution in [0.1, 0.15) is 31.4 Å². The van der Waals surface area contributed by atoms with Gasteiger partial charge in [0.15, 0.2) is 0 Å². The first-order valence-corrected chi connectivity index (χ1v) is 7.47. The summed E-state index contributed by atoms with van der Waals surface area (Å²) in [6, 6.07) is 1.06. The molecule has 1 aliphatic rings. The van der Waals surface area contributed by atoms with Crippen LogP contribution in [0.3, 0.4) is 0 Å². The molecule has 0 amide bonds. The van der Waals surface area contributed by atoms with Gasteiger partial charge in [-0.1, -0.05) is 0 Å². The van der Waals surface area contributed by atoms with E-state index in [0.717, 1.165) is 37.9 Å². The summed E-state index contributed by atoms with van der Waals surface area (Å²) in [7, 11) is 0. The Bertz CT molecular complexity index is 417. The molecule has 1 aromatic heterocycles. The summed E-state index contributed by atoms with van der Waals surface area (Å²) in [5.41, 5.74) is -0.900. The Hall–Kier alpha value is -0.980. The number of halogens is 3.